The highest BCUT2D eigenvalue weighted by Crippen LogP contribution is 2.26. The Kier molecular flexibility index (Phi) is 7.24. The molecule has 2 aliphatic heterocycles. The largest absolute Gasteiger partial charge is 0.497 e. The molecule has 0 radical (unpaired) electrons. The zero-order valence-corrected chi connectivity index (χ0v) is 19.5. The summed E-state index contributed by atoms with van der Waals surface area (Å²) in [5, 5.41) is 3.63. The van der Waals surface area contributed by atoms with Gasteiger partial charge in [-0.25, -0.2) is 0 Å². The van der Waals surface area contributed by atoms with Crippen LogP contribution in [-0.4, -0.2) is 77.9 Å². The summed E-state index contributed by atoms with van der Waals surface area (Å²) in [6.45, 7) is 6.99. The summed E-state index contributed by atoms with van der Waals surface area (Å²) in [7, 11) is 5.31. The summed E-state index contributed by atoms with van der Waals surface area (Å²) in [5.41, 5.74) is 2.49. The van der Waals surface area contributed by atoms with Crippen LogP contribution in [0.5, 0.6) is 11.5 Å². The Bertz CT molecular complexity index is 893. The van der Waals surface area contributed by atoms with Crippen molar-refractivity contribution in [3.8, 4) is 11.5 Å². The lowest BCUT2D eigenvalue weighted by Crippen LogP contribution is -2.53. The Hall–Kier alpha value is -3.09. The standard InChI is InChI=1S/C25H35N5O2/c1-26-25(29-15-13-28(14-16-29)21-7-9-23(31-2)10-8-21)27-18-20-11-12-30(19-20)22-5-4-6-24(17-22)32-3/h4-10,17,20H,11-16,18-19H2,1-3H3,(H,26,27). The minimum atomic E-state index is 0.610. The van der Waals surface area contributed by atoms with Crippen LogP contribution in [0.2, 0.25) is 0 Å². The van der Waals surface area contributed by atoms with Crippen molar-refractivity contribution in [2.75, 3.05) is 76.9 Å². The van der Waals surface area contributed by atoms with Gasteiger partial charge in [0.25, 0.3) is 0 Å². The van der Waals surface area contributed by atoms with Gasteiger partial charge in [-0.1, -0.05) is 6.07 Å². The highest BCUT2D eigenvalue weighted by atomic mass is 16.5. The van der Waals surface area contributed by atoms with Crippen LogP contribution in [-0.2, 0) is 0 Å². The second-order valence-corrected chi connectivity index (χ2v) is 8.40. The fraction of sp³-hybridized carbons (Fsp3) is 0.480. The monoisotopic (exact) mass is 437 g/mol. The molecular weight excluding hydrogens is 402 g/mol. The van der Waals surface area contributed by atoms with E-state index in [1.165, 1.54) is 17.8 Å². The number of anilines is 2. The Morgan fingerprint density at radius 3 is 2.34 bits per heavy atom. The maximum Gasteiger partial charge on any atom is 0.193 e. The van der Waals surface area contributed by atoms with Gasteiger partial charge >= 0.3 is 0 Å². The average Bonchev–Trinajstić information content (AvgIpc) is 3.34. The Morgan fingerprint density at radius 1 is 0.906 bits per heavy atom. The van der Waals surface area contributed by atoms with Crippen molar-refractivity contribution < 1.29 is 9.47 Å². The molecule has 7 nitrogen and oxygen atoms in total. The number of guanidine groups is 1. The number of nitrogens with zero attached hydrogens (tertiary/aromatic N) is 4. The van der Waals surface area contributed by atoms with E-state index in [-0.39, 0.29) is 0 Å². The van der Waals surface area contributed by atoms with Gasteiger partial charge in [0.1, 0.15) is 11.5 Å². The van der Waals surface area contributed by atoms with Crippen molar-refractivity contribution in [2.24, 2.45) is 10.9 Å². The zero-order valence-electron chi connectivity index (χ0n) is 19.5. The lowest BCUT2D eigenvalue weighted by Gasteiger charge is -2.38. The highest BCUT2D eigenvalue weighted by molar-refractivity contribution is 5.80. The normalized spacial score (nSPS) is 19.3. The number of hydrogen-bond acceptors (Lipinski definition) is 5. The molecule has 1 N–H and O–H groups in total. The van der Waals surface area contributed by atoms with Crippen molar-refractivity contribution in [2.45, 2.75) is 6.42 Å². The first kappa shape index (κ1) is 22.1. The van der Waals surface area contributed by atoms with E-state index >= 15 is 0 Å². The molecule has 0 aliphatic carbocycles. The Morgan fingerprint density at radius 2 is 1.66 bits per heavy atom. The molecule has 32 heavy (non-hydrogen) atoms. The van der Waals surface area contributed by atoms with Crippen LogP contribution in [0.25, 0.3) is 0 Å². The number of ether oxygens (including phenoxy) is 2. The van der Waals surface area contributed by atoms with Crippen molar-refractivity contribution in [3.63, 3.8) is 0 Å². The predicted octanol–water partition coefficient (Wildman–Crippen LogP) is 2.93. The highest BCUT2D eigenvalue weighted by Gasteiger charge is 2.25. The first-order valence-electron chi connectivity index (χ1n) is 11.4. The van der Waals surface area contributed by atoms with Gasteiger partial charge in [0.2, 0.25) is 0 Å². The molecule has 2 saturated heterocycles. The SMILES string of the molecule is CN=C(NCC1CCN(c2cccc(OC)c2)C1)N1CCN(c2ccc(OC)cc2)CC1. The van der Waals surface area contributed by atoms with Gasteiger partial charge in [0.15, 0.2) is 5.96 Å². The smallest absolute Gasteiger partial charge is 0.193 e. The summed E-state index contributed by atoms with van der Waals surface area (Å²) in [4.78, 5) is 11.8. The summed E-state index contributed by atoms with van der Waals surface area (Å²) in [6.07, 6.45) is 1.19. The third kappa shape index (κ3) is 5.21. The lowest BCUT2D eigenvalue weighted by molar-refractivity contribution is 0.369. The van der Waals surface area contributed by atoms with E-state index in [0.29, 0.717) is 5.92 Å². The molecule has 0 bridgehead atoms. The van der Waals surface area contributed by atoms with Gasteiger partial charge in [-0.2, -0.15) is 0 Å². The first-order chi connectivity index (χ1) is 15.7. The van der Waals surface area contributed by atoms with Crippen LogP contribution >= 0.6 is 0 Å². The van der Waals surface area contributed by atoms with Gasteiger partial charge in [-0.3, -0.25) is 4.99 Å². The van der Waals surface area contributed by atoms with Gasteiger partial charge in [0.05, 0.1) is 14.2 Å². The number of nitrogens with one attached hydrogen (secondary N) is 1. The summed E-state index contributed by atoms with van der Waals surface area (Å²) in [6, 6.07) is 16.7. The molecule has 2 aromatic carbocycles. The van der Waals surface area contributed by atoms with Gasteiger partial charge in [-0.05, 0) is 48.7 Å². The van der Waals surface area contributed by atoms with Crippen LogP contribution in [0, 0.1) is 5.92 Å². The zero-order chi connectivity index (χ0) is 22.3. The maximum absolute atomic E-state index is 5.38. The molecular formula is C25H35N5O2. The lowest BCUT2D eigenvalue weighted by atomic mass is 10.1. The minimum Gasteiger partial charge on any atom is -0.497 e. The van der Waals surface area contributed by atoms with Gasteiger partial charge in [-0.15, -0.1) is 0 Å². The van der Waals surface area contributed by atoms with Crippen LogP contribution in [0.4, 0.5) is 11.4 Å². The molecule has 2 aromatic rings. The molecule has 0 amide bonds. The fourth-order valence-electron chi connectivity index (χ4n) is 4.58. The molecule has 2 aliphatic rings. The summed E-state index contributed by atoms with van der Waals surface area (Å²) in [5.74, 6) is 3.44. The number of aliphatic imine (C=N–C) groups is 1. The molecule has 2 fully saturated rings. The number of hydrogen-bond donors (Lipinski definition) is 1. The van der Waals surface area contributed by atoms with Gasteiger partial charge in [0, 0.05) is 70.3 Å². The molecule has 1 atom stereocenters. The second kappa shape index (κ2) is 10.5. The molecule has 7 heteroatoms. The second-order valence-electron chi connectivity index (χ2n) is 8.40. The van der Waals surface area contributed by atoms with Crippen LogP contribution in [0.1, 0.15) is 6.42 Å². The van der Waals surface area contributed by atoms with Crippen molar-refractivity contribution >= 4 is 17.3 Å². The number of rotatable bonds is 6. The van der Waals surface area contributed by atoms with E-state index in [9.17, 15) is 0 Å². The molecule has 1 unspecified atom stereocenters. The quantitative estimate of drug-likeness (QED) is 0.554. The molecule has 172 valence electrons. The predicted molar refractivity (Wildman–Crippen MR) is 131 cm³/mol. The van der Waals surface area contributed by atoms with Crippen molar-refractivity contribution in [1.29, 1.82) is 0 Å². The summed E-state index contributed by atoms with van der Waals surface area (Å²) >= 11 is 0. The van der Waals surface area contributed by atoms with Crippen LogP contribution in [0.3, 0.4) is 0 Å². The molecule has 4 rings (SSSR count). The van der Waals surface area contributed by atoms with E-state index in [0.717, 1.165) is 63.3 Å². The number of methoxy groups -OCH3 is 2. The average molecular weight is 438 g/mol. The Labute approximate surface area is 191 Å². The molecule has 0 spiro atoms. The number of piperazine rings is 1. The van der Waals surface area contributed by atoms with Crippen molar-refractivity contribution in [1.82, 2.24) is 10.2 Å². The molecule has 2 heterocycles. The van der Waals surface area contributed by atoms with Crippen LogP contribution in [0.15, 0.2) is 53.5 Å². The van der Waals surface area contributed by atoms with Crippen molar-refractivity contribution in [3.05, 3.63) is 48.5 Å². The van der Waals surface area contributed by atoms with Crippen LogP contribution < -0.4 is 24.6 Å². The van der Waals surface area contributed by atoms with E-state index < -0.39 is 0 Å². The molecule has 0 saturated carbocycles. The van der Waals surface area contributed by atoms with E-state index in [1.54, 1.807) is 14.2 Å². The van der Waals surface area contributed by atoms with E-state index in [2.05, 4.69) is 55.3 Å². The maximum atomic E-state index is 5.38. The van der Waals surface area contributed by atoms with E-state index in [4.69, 9.17) is 9.47 Å². The topological polar surface area (TPSA) is 52.6 Å². The van der Waals surface area contributed by atoms with E-state index in [1.807, 2.05) is 25.2 Å². The Balaban J connectivity index is 1.25. The summed E-state index contributed by atoms with van der Waals surface area (Å²) < 4.78 is 10.7. The first-order valence-corrected chi connectivity index (χ1v) is 11.4. The fourth-order valence-corrected chi connectivity index (χ4v) is 4.58. The number of benzene rings is 2. The third-order valence-corrected chi connectivity index (χ3v) is 6.48. The third-order valence-electron chi connectivity index (χ3n) is 6.48. The minimum absolute atomic E-state index is 0.610. The van der Waals surface area contributed by atoms with Gasteiger partial charge < -0.3 is 29.5 Å². The molecule has 0 aromatic heterocycles.